The van der Waals surface area contributed by atoms with E-state index >= 15 is 0 Å². The van der Waals surface area contributed by atoms with E-state index < -0.39 is 5.97 Å². The Morgan fingerprint density at radius 3 is 2.52 bits per heavy atom. The number of aromatic carboxylic acids is 1. The highest BCUT2D eigenvalue weighted by atomic mass is 16.5. The van der Waals surface area contributed by atoms with Crippen molar-refractivity contribution in [2.24, 2.45) is 5.92 Å². The highest BCUT2D eigenvalue weighted by Gasteiger charge is 2.22. The Bertz CT molecular complexity index is 604. The number of ether oxygens (including phenoxy) is 1. The lowest BCUT2D eigenvalue weighted by atomic mass is 10.1. The van der Waals surface area contributed by atoms with Gasteiger partial charge in [-0.25, -0.2) is 4.79 Å². The molecule has 6 nitrogen and oxygen atoms in total. The molecule has 0 aliphatic rings. The van der Waals surface area contributed by atoms with Crippen molar-refractivity contribution in [3.05, 3.63) is 35.7 Å². The molecular weight excluding hydrogens is 272 g/mol. The number of carbonyl (C=O) groups is 1. The van der Waals surface area contributed by atoms with Crippen LogP contribution in [-0.4, -0.2) is 27.8 Å². The Labute approximate surface area is 122 Å². The van der Waals surface area contributed by atoms with Gasteiger partial charge in [-0.1, -0.05) is 19.0 Å². The Balaban J connectivity index is 2.24. The summed E-state index contributed by atoms with van der Waals surface area (Å²) in [5.41, 5.74) is 0.894. The van der Waals surface area contributed by atoms with Gasteiger partial charge < -0.3 is 14.4 Å². The first-order valence-corrected chi connectivity index (χ1v) is 6.81. The fourth-order valence-electron chi connectivity index (χ4n) is 1.97. The molecule has 1 unspecified atom stereocenters. The van der Waals surface area contributed by atoms with Crippen molar-refractivity contribution >= 4 is 5.97 Å². The summed E-state index contributed by atoms with van der Waals surface area (Å²) in [5.74, 6) is 0.116. The molecule has 2 rings (SSSR count). The summed E-state index contributed by atoms with van der Waals surface area (Å²) < 4.78 is 10.9. The highest BCUT2D eigenvalue weighted by Crippen LogP contribution is 2.26. The lowest BCUT2D eigenvalue weighted by Gasteiger charge is -2.16. The minimum Gasteiger partial charge on any atom is -0.478 e. The number of carboxylic acid groups (broad SMARTS) is 1. The standard InChI is InChI=1S/C15H18N2O4/c1-4-20-12(9(2)3)13-16-14(21-17-13)10-5-7-11(8-6-10)15(18)19/h5-9,12H,4H2,1-3H3,(H,18,19). The summed E-state index contributed by atoms with van der Waals surface area (Å²) in [5, 5.41) is 12.8. The average molecular weight is 290 g/mol. The van der Waals surface area contributed by atoms with Crippen molar-refractivity contribution in [1.29, 1.82) is 0 Å². The molecule has 0 saturated carbocycles. The number of benzene rings is 1. The van der Waals surface area contributed by atoms with Crippen molar-refractivity contribution < 1.29 is 19.2 Å². The molecule has 0 aliphatic carbocycles. The minimum absolute atomic E-state index is 0.216. The number of carboxylic acids is 1. The summed E-state index contributed by atoms with van der Waals surface area (Å²) in [6, 6.07) is 6.30. The van der Waals surface area contributed by atoms with Gasteiger partial charge in [0.1, 0.15) is 6.10 Å². The van der Waals surface area contributed by atoms with Crippen molar-refractivity contribution in [2.75, 3.05) is 6.61 Å². The van der Waals surface area contributed by atoms with E-state index in [4.69, 9.17) is 14.4 Å². The Kier molecular flexibility index (Phi) is 4.70. The number of aromatic nitrogens is 2. The number of nitrogens with zero attached hydrogens (tertiary/aromatic N) is 2. The quantitative estimate of drug-likeness (QED) is 0.879. The highest BCUT2D eigenvalue weighted by molar-refractivity contribution is 5.88. The maximum absolute atomic E-state index is 10.8. The number of rotatable bonds is 6. The first kappa shape index (κ1) is 15.2. The zero-order valence-electron chi connectivity index (χ0n) is 12.2. The number of hydrogen-bond donors (Lipinski definition) is 1. The molecule has 0 saturated heterocycles. The SMILES string of the molecule is CCOC(c1noc(-c2ccc(C(=O)O)cc2)n1)C(C)C. The average Bonchev–Trinajstić information content (AvgIpc) is 2.94. The van der Waals surface area contributed by atoms with Gasteiger partial charge in [0, 0.05) is 12.2 Å². The molecular formula is C15H18N2O4. The molecule has 1 heterocycles. The smallest absolute Gasteiger partial charge is 0.335 e. The Morgan fingerprint density at radius 2 is 2.00 bits per heavy atom. The lowest BCUT2D eigenvalue weighted by Crippen LogP contribution is -2.12. The second-order valence-electron chi connectivity index (χ2n) is 4.96. The van der Waals surface area contributed by atoms with Gasteiger partial charge >= 0.3 is 5.97 Å². The summed E-state index contributed by atoms with van der Waals surface area (Å²) in [6.07, 6.45) is -0.217. The maximum atomic E-state index is 10.8. The third-order valence-electron chi connectivity index (χ3n) is 3.03. The predicted molar refractivity (Wildman–Crippen MR) is 75.9 cm³/mol. The van der Waals surface area contributed by atoms with Gasteiger partial charge in [0.2, 0.25) is 5.82 Å². The van der Waals surface area contributed by atoms with E-state index in [0.29, 0.717) is 23.9 Å². The molecule has 1 aromatic carbocycles. The summed E-state index contributed by atoms with van der Waals surface area (Å²) in [6.45, 7) is 6.54. The molecule has 1 aromatic heterocycles. The van der Waals surface area contributed by atoms with Crippen LogP contribution in [0.15, 0.2) is 28.8 Å². The summed E-state index contributed by atoms with van der Waals surface area (Å²) in [4.78, 5) is 15.2. The van der Waals surface area contributed by atoms with Gasteiger partial charge in [-0.3, -0.25) is 0 Å². The lowest BCUT2D eigenvalue weighted by molar-refractivity contribution is 0.0217. The van der Waals surface area contributed by atoms with Crippen molar-refractivity contribution in [3.8, 4) is 11.5 Å². The Hall–Kier alpha value is -2.21. The van der Waals surface area contributed by atoms with Gasteiger partial charge in [-0.15, -0.1) is 0 Å². The van der Waals surface area contributed by atoms with Crippen LogP contribution in [0.4, 0.5) is 0 Å². The fraction of sp³-hybridized carbons (Fsp3) is 0.400. The second-order valence-corrected chi connectivity index (χ2v) is 4.96. The van der Waals surface area contributed by atoms with Crippen LogP contribution in [0.25, 0.3) is 11.5 Å². The molecule has 0 spiro atoms. The Morgan fingerprint density at radius 1 is 1.33 bits per heavy atom. The van der Waals surface area contributed by atoms with Crippen LogP contribution in [0.2, 0.25) is 0 Å². The largest absolute Gasteiger partial charge is 0.478 e. The monoisotopic (exact) mass is 290 g/mol. The van der Waals surface area contributed by atoms with E-state index in [0.717, 1.165) is 0 Å². The zero-order chi connectivity index (χ0) is 15.4. The second kappa shape index (κ2) is 6.49. The van der Waals surface area contributed by atoms with E-state index in [9.17, 15) is 4.79 Å². The first-order chi connectivity index (χ1) is 10.0. The molecule has 0 fully saturated rings. The van der Waals surface area contributed by atoms with Gasteiger partial charge in [0.25, 0.3) is 5.89 Å². The van der Waals surface area contributed by atoms with E-state index in [1.54, 1.807) is 12.1 Å². The fourth-order valence-corrected chi connectivity index (χ4v) is 1.97. The molecule has 0 radical (unpaired) electrons. The van der Waals surface area contributed by atoms with E-state index in [-0.39, 0.29) is 17.6 Å². The molecule has 6 heteroatoms. The zero-order valence-corrected chi connectivity index (χ0v) is 12.2. The van der Waals surface area contributed by atoms with Gasteiger partial charge in [-0.05, 0) is 37.1 Å². The van der Waals surface area contributed by atoms with Crippen LogP contribution >= 0.6 is 0 Å². The normalized spacial score (nSPS) is 12.6. The van der Waals surface area contributed by atoms with Gasteiger partial charge in [-0.2, -0.15) is 4.98 Å². The predicted octanol–water partition coefficient (Wildman–Crippen LogP) is 3.17. The van der Waals surface area contributed by atoms with Gasteiger partial charge in [0.15, 0.2) is 0 Å². The first-order valence-electron chi connectivity index (χ1n) is 6.81. The van der Waals surface area contributed by atoms with Crippen molar-refractivity contribution in [3.63, 3.8) is 0 Å². The molecule has 0 aliphatic heterocycles. The van der Waals surface area contributed by atoms with E-state index in [2.05, 4.69) is 10.1 Å². The van der Waals surface area contributed by atoms with Crippen LogP contribution < -0.4 is 0 Å². The van der Waals surface area contributed by atoms with Crippen LogP contribution in [-0.2, 0) is 4.74 Å². The molecule has 1 atom stereocenters. The maximum Gasteiger partial charge on any atom is 0.335 e. The number of hydrogen-bond acceptors (Lipinski definition) is 5. The van der Waals surface area contributed by atoms with E-state index in [1.807, 2.05) is 20.8 Å². The minimum atomic E-state index is -0.969. The van der Waals surface area contributed by atoms with E-state index in [1.165, 1.54) is 12.1 Å². The van der Waals surface area contributed by atoms with Crippen molar-refractivity contribution in [1.82, 2.24) is 10.1 Å². The molecule has 21 heavy (non-hydrogen) atoms. The molecule has 0 bridgehead atoms. The van der Waals surface area contributed by atoms with Gasteiger partial charge in [0.05, 0.1) is 5.56 Å². The van der Waals surface area contributed by atoms with Crippen LogP contribution in [0.5, 0.6) is 0 Å². The van der Waals surface area contributed by atoms with Crippen LogP contribution in [0, 0.1) is 5.92 Å². The molecule has 112 valence electrons. The third-order valence-corrected chi connectivity index (χ3v) is 3.03. The molecule has 0 amide bonds. The summed E-state index contributed by atoms with van der Waals surface area (Å²) in [7, 11) is 0. The third kappa shape index (κ3) is 3.46. The molecule has 2 aromatic rings. The van der Waals surface area contributed by atoms with Crippen LogP contribution in [0.1, 0.15) is 43.1 Å². The van der Waals surface area contributed by atoms with Crippen molar-refractivity contribution in [2.45, 2.75) is 26.9 Å². The summed E-state index contributed by atoms with van der Waals surface area (Å²) >= 11 is 0. The van der Waals surface area contributed by atoms with Crippen LogP contribution in [0.3, 0.4) is 0 Å². The molecule has 1 N–H and O–H groups in total. The topological polar surface area (TPSA) is 85.5 Å².